The fraction of sp³-hybridized carbons (Fsp3) is 0.538. The molecule has 1 aromatic rings. The molecule has 1 saturated heterocycles. The minimum atomic E-state index is -3.52. The Balaban J connectivity index is 2.23. The Labute approximate surface area is 113 Å². The van der Waals surface area contributed by atoms with Crippen molar-refractivity contribution >= 4 is 10.0 Å². The molecule has 0 radical (unpaired) electrons. The van der Waals surface area contributed by atoms with Crippen molar-refractivity contribution in [3.8, 4) is 0 Å². The molecule has 106 valence electrons. The first-order valence-corrected chi connectivity index (χ1v) is 7.75. The summed E-state index contributed by atoms with van der Waals surface area (Å²) in [6, 6.07) is 6.58. The fourth-order valence-electron chi connectivity index (χ4n) is 2.33. The van der Waals surface area contributed by atoms with Crippen molar-refractivity contribution in [1.29, 1.82) is 0 Å². The Morgan fingerprint density at radius 3 is 2.53 bits per heavy atom. The van der Waals surface area contributed by atoms with Crippen LogP contribution in [0.5, 0.6) is 0 Å². The van der Waals surface area contributed by atoms with E-state index in [1.807, 2.05) is 0 Å². The van der Waals surface area contributed by atoms with E-state index in [1.165, 1.54) is 4.31 Å². The number of aliphatic hydroxyl groups excluding tert-OH is 1. The first-order chi connectivity index (χ1) is 9.09. The summed E-state index contributed by atoms with van der Waals surface area (Å²) in [5, 5.41) is 9.26. The molecule has 0 unspecified atom stereocenters. The molecular weight excluding hydrogens is 266 g/mol. The van der Waals surface area contributed by atoms with Gasteiger partial charge in [0, 0.05) is 20.2 Å². The number of benzene rings is 1. The summed E-state index contributed by atoms with van der Waals surface area (Å²) in [6.07, 6.45) is 1.55. The van der Waals surface area contributed by atoms with Crippen LogP contribution in [-0.4, -0.2) is 44.1 Å². The summed E-state index contributed by atoms with van der Waals surface area (Å²) in [6.45, 7) is 0.644. The number of sulfonamides is 1. The molecule has 0 atom stereocenters. The Morgan fingerprint density at radius 1 is 1.32 bits per heavy atom. The summed E-state index contributed by atoms with van der Waals surface area (Å²) in [5.41, 5.74) is 0.441. The smallest absolute Gasteiger partial charge is 0.243 e. The summed E-state index contributed by atoms with van der Waals surface area (Å²) < 4.78 is 31.8. The average molecular weight is 285 g/mol. The largest absolute Gasteiger partial charge is 0.392 e. The molecule has 6 heteroatoms. The van der Waals surface area contributed by atoms with Crippen molar-refractivity contribution in [3.05, 3.63) is 29.8 Å². The van der Waals surface area contributed by atoms with Gasteiger partial charge in [0.2, 0.25) is 10.0 Å². The molecule has 0 bridgehead atoms. The maximum Gasteiger partial charge on any atom is 0.243 e. The highest BCUT2D eigenvalue weighted by Crippen LogP contribution is 2.24. The van der Waals surface area contributed by atoms with Crippen LogP contribution >= 0.6 is 0 Å². The van der Waals surface area contributed by atoms with E-state index in [0.29, 0.717) is 31.5 Å². The standard InChI is InChI=1S/C13H19NO4S/c1-18-12-6-8-14(9-7-12)19(16,17)13-5-3-2-4-11(13)10-15/h2-5,12,15H,6-10H2,1H3. The lowest BCUT2D eigenvalue weighted by Gasteiger charge is -2.30. The molecule has 5 nitrogen and oxygen atoms in total. The lowest BCUT2D eigenvalue weighted by atomic mass is 10.1. The monoisotopic (exact) mass is 285 g/mol. The molecule has 1 fully saturated rings. The molecule has 0 aliphatic carbocycles. The van der Waals surface area contributed by atoms with E-state index >= 15 is 0 Å². The summed E-state index contributed by atoms with van der Waals surface area (Å²) in [4.78, 5) is 0.202. The van der Waals surface area contributed by atoms with Crippen LogP contribution < -0.4 is 0 Å². The number of nitrogens with zero attached hydrogens (tertiary/aromatic N) is 1. The van der Waals surface area contributed by atoms with Crippen molar-refractivity contribution < 1.29 is 18.3 Å². The quantitative estimate of drug-likeness (QED) is 0.895. The predicted molar refractivity (Wildman–Crippen MR) is 71.2 cm³/mol. The molecule has 19 heavy (non-hydrogen) atoms. The Morgan fingerprint density at radius 2 is 1.95 bits per heavy atom. The third-order valence-electron chi connectivity index (χ3n) is 3.50. The van der Waals surface area contributed by atoms with Crippen molar-refractivity contribution in [1.82, 2.24) is 4.31 Å². The number of ether oxygens (including phenoxy) is 1. The first kappa shape index (κ1) is 14.5. The van der Waals surface area contributed by atoms with Crippen LogP contribution in [0.15, 0.2) is 29.2 Å². The third-order valence-corrected chi connectivity index (χ3v) is 5.49. The highest BCUT2D eigenvalue weighted by Gasteiger charge is 2.30. The van der Waals surface area contributed by atoms with Gasteiger partial charge in [-0.1, -0.05) is 18.2 Å². The van der Waals surface area contributed by atoms with Gasteiger partial charge in [0.25, 0.3) is 0 Å². The van der Waals surface area contributed by atoms with E-state index in [4.69, 9.17) is 4.74 Å². The summed E-state index contributed by atoms with van der Waals surface area (Å²) in [5.74, 6) is 0. The van der Waals surface area contributed by atoms with Crippen molar-refractivity contribution in [3.63, 3.8) is 0 Å². The second kappa shape index (κ2) is 6.00. The van der Waals surface area contributed by atoms with Crippen LogP contribution in [0, 0.1) is 0 Å². The number of piperidine rings is 1. The predicted octanol–water partition coefficient (Wildman–Crippen LogP) is 0.978. The molecule has 0 spiro atoms. The first-order valence-electron chi connectivity index (χ1n) is 6.31. The van der Waals surface area contributed by atoms with Crippen molar-refractivity contribution in [2.75, 3.05) is 20.2 Å². The van der Waals surface area contributed by atoms with Gasteiger partial charge in [-0.25, -0.2) is 8.42 Å². The topological polar surface area (TPSA) is 66.8 Å². The molecule has 2 rings (SSSR count). The normalized spacial score (nSPS) is 18.6. The fourth-order valence-corrected chi connectivity index (χ4v) is 4.02. The molecule has 1 aromatic carbocycles. The van der Waals surface area contributed by atoms with E-state index in [2.05, 4.69) is 0 Å². The number of rotatable bonds is 4. The van der Waals surface area contributed by atoms with Gasteiger partial charge in [0.15, 0.2) is 0 Å². The van der Waals surface area contributed by atoms with Crippen LogP contribution in [0.25, 0.3) is 0 Å². The summed E-state index contributed by atoms with van der Waals surface area (Å²) >= 11 is 0. The van der Waals surface area contributed by atoms with Gasteiger partial charge >= 0.3 is 0 Å². The van der Waals surface area contributed by atoms with Gasteiger partial charge in [0.1, 0.15) is 0 Å². The maximum atomic E-state index is 12.5. The van der Waals surface area contributed by atoms with E-state index in [-0.39, 0.29) is 17.6 Å². The molecule has 1 aliphatic rings. The van der Waals surface area contributed by atoms with Gasteiger partial charge < -0.3 is 9.84 Å². The molecule has 1 heterocycles. The second-order valence-electron chi connectivity index (χ2n) is 4.60. The summed E-state index contributed by atoms with van der Waals surface area (Å²) in [7, 11) is -1.87. The highest BCUT2D eigenvalue weighted by molar-refractivity contribution is 7.89. The lowest BCUT2D eigenvalue weighted by molar-refractivity contribution is 0.0604. The molecule has 0 aromatic heterocycles. The SMILES string of the molecule is COC1CCN(S(=O)(=O)c2ccccc2CO)CC1. The molecule has 1 aliphatic heterocycles. The number of hydrogen-bond acceptors (Lipinski definition) is 4. The van der Waals surface area contributed by atoms with Gasteiger partial charge in [-0.15, -0.1) is 0 Å². The van der Waals surface area contributed by atoms with Crippen LogP contribution in [-0.2, 0) is 21.4 Å². The molecule has 0 saturated carbocycles. The zero-order valence-electron chi connectivity index (χ0n) is 10.9. The Kier molecular flexibility index (Phi) is 4.57. The van der Waals surface area contributed by atoms with Crippen LogP contribution in [0.4, 0.5) is 0 Å². The number of aliphatic hydroxyl groups is 1. The highest BCUT2D eigenvalue weighted by atomic mass is 32.2. The van der Waals surface area contributed by atoms with Gasteiger partial charge in [-0.05, 0) is 24.5 Å². The lowest BCUT2D eigenvalue weighted by Crippen LogP contribution is -2.40. The third kappa shape index (κ3) is 2.97. The average Bonchev–Trinajstić information content (AvgIpc) is 2.47. The second-order valence-corrected chi connectivity index (χ2v) is 6.51. The molecule has 1 N–H and O–H groups in total. The Bertz CT molecular complexity index is 521. The minimum Gasteiger partial charge on any atom is -0.392 e. The number of methoxy groups -OCH3 is 1. The maximum absolute atomic E-state index is 12.5. The van der Waals surface area contributed by atoms with Gasteiger partial charge in [-0.3, -0.25) is 0 Å². The number of hydrogen-bond donors (Lipinski definition) is 1. The van der Waals surface area contributed by atoms with Crippen LogP contribution in [0.3, 0.4) is 0 Å². The van der Waals surface area contributed by atoms with E-state index in [0.717, 1.165) is 0 Å². The van der Waals surface area contributed by atoms with Crippen LogP contribution in [0.1, 0.15) is 18.4 Å². The van der Waals surface area contributed by atoms with Crippen LogP contribution in [0.2, 0.25) is 0 Å². The minimum absolute atomic E-state index is 0.138. The zero-order valence-corrected chi connectivity index (χ0v) is 11.8. The van der Waals surface area contributed by atoms with Crippen molar-refractivity contribution in [2.45, 2.75) is 30.4 Å². The Hall–Kier alpha value is -0.950. The van der Waals surface area contributed by atoms with Gasteiger partial charge in [-0.2, -0.15) is 4.31 Å². The molecular formula is C13H19NO4S. The van der Waals surface area contributed by atoms with E-state index < -0.39 is 10.0 Å². The zero-order chi connectivity index (χ0) is 13.9. The molecule has 0 amide bonds. The van der Waals surface area contributed by atoms with Crippen molar-refractivity contribution in [2.24, 2.45) is 0 Å². The van der Waals surface area contributed by atoms with Gasteiger partial charge in [0.05, 0.1) is 17.6 Å². The van der Waals surface area contributed by atoms with E-state index in [1.54, 1.807) is 31.4 Å². The van der Waals surface area contributed by atoms with E-state index in [9.17, 15) is 13.5 Å².